The van der Waals surface area contributed by atoms with E-state index in [4.69, 9.17) is 4.74 Å². The van der Waals surface area contributed by atoms with E-state index in [1.807, 2.05) is 4.90 Å². The Morgan fingerprint density at radius 1 is 1.18 bits per heavy atom. The van der Waals surface area contributed by atoms with Crippen molar-refractivity contribution in [1.29, 1.82) is 0 Å². The van der Waals surface area contributed by atoms with Gasteiger partial charge in [0.1, 0.15) is 12.1 Å². The molecule has 0 atom stereocenters. The number of hydrogen-bond acceptors (Lipinski definition) is 6. The summed E-state index contributed by atoms with van der Waals surface area (Å²) < 4.78 is 19.5. The van der Waals surface area contributed by atoms with E-state index in [0.717, 1.165) is 0 Å². The number of anilines is 2. The number of carbonyl (C=O) groups is 2. The van der Waals surface area contributed by atoms with Crippen LogP contribution in [-0.2, 0) is 11.3 Å². The number of nitrogens with one attached hydrogen (secondary N) is 2. The van der Waals surface area contributed by atoms with Crippen molar-refractivity contribution in [3.05, 3.63) is 48.2 Å². The highest BCUT2D eigenvalue weighted by molar-refractivity contribution is 5.99. The van der Waals surface area contributed by atoms with Crippen molar-refractivity contribution >= 4 is 23.6 Å². The third-order valence-electron chi connectivity index (χ3n) is 4.35. The van der Waals surface area contributed by atoms with Crippen molar-refractivity contribution < 1.29 is 18.7 Å². The molecule has 2 N–H and O–H groups in total. The number of amides is 3. The molecule has 1 aromatic carbocycles. The summed E-state index contributed by atoms with van der Waals surface area (Å²) in [5.41, 5.74) is 0.545. The number of benzene rings is 1. The molecule has 2 heterocycles. The first-order valence-corrected chi connectivity index (χ1v) is 8.73. The SMILES string of the molecule is COC(=O)N1CCN(Cc2cccc(NC(=O)Nc3ccncn3)c2F)CC1. The van der Waals surface area contributed by atoms with Gasteiger partial charge in [-0.3, -0.25) is 10.2 Å². The smallest absolute Gasteiger partial charge is 0.409 e. The van der Waals surface area contributed by atoms with Crippen LogP contribution < -0.4 is 10.6 Å². The number of methoxy groups -OCH3 is 1. The number of piperazine rings is 1. The zero-order valence-electron chi connectivity index (χ0n) is 15.4. The van der Waals surface area contributed by atoms with Gasteiger partial charge < -0.3 is 15.0 Å². The molecule has 0 aliphatic carbocycles. The van der Waals surface area contributed by atoms with Gasteiger partial charge in [0.2, 0.25) is 0 Å². The summed E-state index contributed by atoms with van der Waals surface area (Å²) in [4.78, 5) is 34.9. The lowest BCUT2D eigenvalue weighted by molar-refractivity contribution is 0.0885. The number of urea groups is 1. The molecule has 0 saturated carbocycles. The minimum Gasteiger partial charge on any atom is -0.453 e. The van der Waals surface area contributed by atoms with Crippen molar-refractivity contribution in [2.45, 2.75) is 6.54 Å². The molecule has 3 rings (SSSR count). The van der Waals surface area contributed by atoms with Crippen LogP contribution in [-0.4, -0.2) is 65.2 Å². The van der Waals surface area contributed by atoms with Gasteiger partial charge in [-0.2, -0.15) is 0 Å². The van der Waals surface area contributed by atoms with Crippen LogP contribution in [0.15, 0.2) is 36.8 Å². The Hall–Kier alpha value is -3.27. The first-order valence-electron chi connectivity index (χ1n) is 8.73. The Morgan fingerprint density at radius 2 is 1.96 bits per heavy atom. The lowest BCUT2D eigenvalue weighted by Gasteiger charge is -2.33. The first kappa shape index (κ1) is 19.5. The number of carbonyl (C=O) groups excluding carboxylic acids is 2. The molecule has 0 spiro atoms. The molecule has 28 heavy (non-hydrogen) atoms. The standard InChI is InChI=1S/C18H21FN6O3/c1-28-18(27)25-9-7-24(8-10-25)11-13-3-2-4-14(16(13)19)22-17(26)23-15-5-6-20-12-21-15/h2-6,12H,7-11H2,1H3,(H2,20,21,22,23,26). The topological polar surface area (TPSA) is 99.7 Å². The molecule has 1 saturated heterocycles. The molecule has 10 heteroatoms. The van der Waals surface area contributed by atoms with Crippen LogP contribution in [0.1, 0.15) is 5.56 Å². The maximum Gasteiger partial charge on any atom is 0.409 e. The quantitative estimate of drug-likeness (QED) is 0.833. The van der Waals surface area contributed by atoms with E-state index in [1.165, 1.54) is 31.8 Å². The zero-order chi connectivity index (χ0) is 19.9. The van der Waals surface area contributed by atoms with E-state index < -0.39 is 11.8 Å². The molecule has 0 radical (unpaired) electrons. The maximum absolute atomic E-state index is 14.8. The fourth-order valence-electron chi connectivity index (χ4n) is 2.89. The third kappa shape index (κ3) is 4.92. The van der Waals surface area contributed by atoms with E-state index >= 15 is 0 Å². The normalized spacial score (nSPS) is 14.4. The first-order chi connectivity index (χ1) is 13.6. The van der Waals surface area contributed by atoms with E-state index in [1.54, 1.807) is 17.0 Å². The van der Waals surface area contributed by atoms with Crippen LogP contribution in [0.25, 0.3) is 0 Å². The van der Waals surface area contributed by atoms with Gasteiger partial charge >= 0.3 is 12.1 Å². The van der Waals surface area contributed by atoms with E-state index in [9.17, 15) is 14.0 Å². The van der Waals surface area contributed by atoms with Crippen LogP contribution in [0.3, 0.4) is 0 Å². The minimum absolute atomic E-state index is 0.0808. The third-order valence-corrected chi connectivity index (χ3v) is 4.35. The molecule has 0 unspecified atom stereocenters. The minimum atomic E-state index is -0.596. The molecule has 1 aliphatic heterocycles. The number of nitrogens with zero attached hydrogens (tertiary/aromatic N) is 4. The van der Waals surface area contributed by atoms with Crippen LogP contribution in [0.2, 0.25) is 0 Å². The molecular formula is C18H21FN6O3. The lowest BCUT2D eigenvalue weighted by atomic mass is 10.1. The monoisotopic (exact) mass is 388 g/mol. The maximum atomic E-state index is 14.8. The molecule has 1 aromatic heterocycles. The largest absolute Gasteiger partial charge is 0.453 e. The summed E-state index contributed by atoms with van der Waals surface area (Å²) in [6.45, 7) is 2.64. The summed E-state index contributed by atoms with van der Waals surface area (Å²) in [5, 5.41) is 5.00. The Kier molecular flexibility index (Phi) is 6.33. The van der Waals surface area contributed by atoms with Crippen LogP contribution >= 0.6 is 0 Å². The van der Waals surface area contributed by atoms with Crippen molar-refractivity contribution in [2.75, 3.05) is 43.9 Å². The van der Waals surface area contributed by atoms with Gasteiger partial charge in [0.15, 0.2) is 5.82 Å². The second-order valence-corrected chi connectivity index (χ2v) is 6.19. The van der Waals surface area contributed by atoms with Crippen molar-refractivity contribution in [3.8, 4) is 0 Å². The average molecular weight is 388 g/mol. The predicted molar refractivity (Wildman–Crippen MR) is 100 cm³/mol. The fourth-order valence-corrected chi connectivity index (χ4v) is 2.89. The summed E-state index contributed by atoms with van der Waals surface area (Å²) >= 11 is 0. The average Bonchev–Trinajstić information content (AvgIpc) is 2.71. The molecular weight excluding hydrogens is 367 g/mol. The lowest BCUT2D eigenvalue weighted by Crippen LogP contribution is -2.48. The fraction of sp³-hybridized carbons (Fsp3) is 0.333. The zero-order valence-corrected chi connectivity index (χ0v) is 15.4. The van der Waals surface area contributed by atoms with Gasteiger partial charge in [0.05, 0.1) is 12.8 Å². The van der Waals surface area contributed by atoms with E-state index in [0.29, 0.717) is 44.1 Å². The molecule has 2 aromatic rings. The highest BCUT2D eigenvalue weighted by Crippen LogP contribution is 2.20. The van der Waals surface area contributed by atoms with Crippen molar-refractivity contribution in [1.82, 2.24) is 19.8 Å². The van der Waals surface area contributed by atoms with Gasteiger partial charge in [0, 0.05) is 44.5 Å². The Morgan fingerprint density at radius 3 is 2.64 bits per heavy atom. The van der Waals surface area contributed by atoms with Crippen LogP contribution in [0.4, 0.5) is 25.5 Å². The van der Waals surface area contributed by atoms with E-state index in [2.05, 4.69) is 20.6 Å². The highest BCUT2D eigenvalue weighted by Gasteiger charge is 2.22. The summed E-state index contributed by atoms with van der Waals surface area (Å²) in [6, 6.07) is 5.79. The molecule has 3 amide bonds. The predicted octanol–water partition coefficient (Wildman–Crippen LogP) is 2.14. The molecule has 1 fully saturated rings. The second kappa shape index (κ2) is 9.09. The van der Waals surface area contributed by atoms with Gasteiger partial charge in [-0.05, 0) is 12.1 Å². The van der Waals surface area contributed by atoms with Crippen molar-refractivity contribution in [3.63, 3.8) is 0 Å². The number of rotatable bonds is 4. The second-order valence-electron chi connectivity index (χ2n) is 6.19. The van der Waals surface area contributed by atoms with Gasteiger partial charge in [-0.25, -0.2) is 23.9 Å². The van der Waals surface area contributed by atoms with Crippen LogP contribution in [0, 0.1) is 5.82 Å². The van der Waals surface area contributed by atoms with Crippen molar-refractivity contribution in [2.24, 2.45) is 0 Å². The Balaban J connectivity index is 1.59. The van der Waals surface area contributed by atoms with Gasteiger partial charge in [0.25, 0.3) is 0 Å². The number of aromatic nitrogens is 2. The summed E-state index contributed by atoms with van der Waals surface area (Å²) in [5.74, 6) is -0.178. The molecule has 1 aliphatic rings. The van der Waals surface area contributed by atoms with E-state index in [-0.39, 0.29) is 11.8 Å². The number of halogens is 1. The molecule has 148 valence electrons. The molecule has 0 bridgehead atoms. The summed E-state index contributed by atoms with van der Waals surface area (Å²) in [6.07, 6.45) is 2.44. The molecule has 9 nitrogen and oxygen atoms in total. The summed E-state index contributed by atoms with van der Waals surface area (Å²) in [7, 11) is 1.35. The number of ether oxygens (including phenoxy) is 1. The Labute approximate surface area is 161 Å². The highest BCUT2D eigenvalue weighted by atomic mass is 19.1. The van der Waals surface area contributed by atoms with Gasteiger partial charge in [-0.1, -0.05) is 12.1 Å². The van der Waals surface area contributed by atoms with Gasteiger partial charge in [-0.15, -0.1) is 0 Å². The Bertz CT molecular complexity index is 827. The number of hydrogen-bond donors (Lipinski definition) is 2. The van der Waals surface area contributed by atoms with Crippen LogP contribution in [0.5, 0.6) is 0 Å².